The first-order chi connectivity index (χ1) is 7.29. The zero-order chi connectivity index (χ0) is 10.7. The Morgan fingerprint density at radius 3 is 2.93 bits per heavy atom. The molecule has 0 saturated heterocycles. The lowest BCUT2D eigenvalue weighted by atomic mass is 10.2. The van der Waals surface area contributed by atoms with Crippen LogP contribution in [0.5, 0.6) is 0 Å². The molecule has 0 aliphatic rings. The maximum absolute atomic E-state index is 5.74. The summed E-state index contributed by atoms with van der Waals surface area (Å²) in [7, 11) is 0. The molecule has 74 valence electrons. The highest BCUT2D eigenvalue weighted by atomic mass is 35.5. The van der Waals surface area contributed by atoms with E-state index in [1.54, 1.807) is 0 Å². The predicted octanol–water partition coefficient (Wildman–Crippen LogP) is 2.87. The van der Waals surface area contributed by atoms with Crippen molar-refractivity contribution in [3.8, 4) is 11.8 Å². The van der Waals surface area contributed by atoms with E-state index in [-0.39, 0.29) is 0 Å². The van der Waals surface area contributed by atoms with Crippen molar-refractivity contribution in [3.05, 3.63) is 35.1 Å². The molecule has 0 N–H and O–H groups in total. The minimum absolute atomic E-state index is 0.319. The summed E-state index contributed by atoms with van der Waals surface area (Å²) in [4.78, 5) is 8.28. The molecule has 0 atom stereocenters. The Morgan fingerprint density at radius 2 is 2.13 bits per heavy atom. The summed E-state index contributed by atoms with van der Waals surface area (Å²) in [6.07, 6.45) is 1.52. The van der Waals surface area contributed by atoms with Gasteiger partial charge < -0.3 is 0 Å². The van der Waals surface area contributed by atoms with E-state index in [2.05, 4.69) is 21.8 Å². The molecule has 0 bridgehead atoms. The van der Waals surface area contributed by atoms with Gasteiger partial charge in [0.15, 0.2) is 0 Å². The van der Waals surface area contributed by atoms with Crippen LogP contribution in [0, 0.1) is 11.8 Å². The summed E-state index contributed by atoms with van der Waals surface area (Å²) in [5, 5.41) is 0.380. The quantitative estimate of drug-likeness (QED) is 0.520. The molecule has 0 amide bonds. The molecule has 0 spiro atoms. The van der Waals surface area contributed by atoms with Gasteiger partial charge in [-0.3, -0.25) is 4.98 Å². The number of benzene rings is 1. The second-order valence-corrected chi connectivity index (χ2v) is 3.49. The van der Waals surface area contributed by atoms with Crippen molar-refractivity contribution < 1.29 is 0 Å². The summed E-state index contributed by atoms with van der Waals surface area (Å²) in [6.45, 7) is 0. The third-order valence-electron chi connectivity index (χ3n) is 1.81. The molecular weight excluding hydrogens is 231 g/mol. The second-order valence-electron chi connectivity index (χ2n) is 2.83. The summed E-state index contributed by atoms with van der Waals surface area (Å²) in [6, 6.07) is 5.58. The molecule has 0 aliphatic carbocycles. The first-order valence-electron chi connectivity index (χ1n) is 4.27. The van der Waals surface area contributed by atoms with Gasteiger partial charge in [0.05, 0.1) is 23.1 Å². The van der Waals surface area contributed by atoms with Crippen molar-refractivity contribution >= 4 is 34.2 Å². The van der Waals surface area contributed by atoms with Crippen LogP contribution in [0.1, 0.15) is 5.56 Å². The summed E-state index contributed by atoms with van der Waals surface area (Å²) in [5.41, 5.74) is 2.40. The molecule has 4 heteroatoms. The van der Waals surface area contributed by atoms with E-state index in [9.17, 15) is 0 Å². The highest BCUT2D eigenvalue weighted by Crippen LogP contribution is 2.13. The van der Waals surface area contributed by atoms with Gasteiger partial charge in [-0.2, -0.15) is 0 Å². The topological polar surface area (TPSA) is 25.8 Å². The monoisotopic (exact) mass is 236 g/mol. The van der Waals surface area contributed by atoms with Gasteiger partial charge in [-0.1, -0.05) is 23.4 Å². The number of rotatable bonds is 0. The molecule has 1 aromatic heterocycles. The fraction of sp³-hybridized carbons (Fsp3) is 0.0909. The number of hydrogen-bond acceptors (Lipinski definition) is 2. The highest BCUT2D eigenvalue weighted by molar-refractivity contribution is 6.29. The molecule has 1 aromatic carbocycles. The molecule has 15 heavy (non-hydrogen) atoms. The van der Waals surface area contributed by atoms with Crippen molar-refractivity contribution in [2.75, 3.05) is 5.88 Å². The number of alkyl halides is 1. The lowest BCUT2D eigenvalue weighted by Gasteiger charge is -1.97. The zero-order valence-electron chi connectivity index (χ0n) is 7.67. The SMILES string of the molecule is ClCC#Cc1ccc2ncc(Cl)nc2c1. The minimum atomic E-state index is 0.319. The number of nitrogens with zero attached hydrogens (tertiary/aromatic N) is 2. The third kappa shape index (κ3) is 2.38. The highest BCUT2D eigenvalue weighted by Gasteiger charge is 1.98. The average molecular weight is 237 g/mol. The normalized spacial score (nSPS) is 9.73. The summed E-state index contributed by atoms with van der Waals surface area (Å²) in [5.74, 6) is 6.01. The van der Waals surface area contributed by atoms with E-state index in [1.807, 2.05) is 18.2 Å². The molecular formula is C11H6Cl2N2. The zero-order valence-corrected chi connectivity index (χ0v) is 9.18. The Morgan fingerprint density at radius 1 is 1.27 bits per heavy atom. The standard InChI is InChI=1S/C11H6Cl2N2/c12-5-1-2-8-3-4-9-10(6-8)15-11(13)7-14-9/h3-4,6-7H,5H2. The van der Waals surface area contributed by atoms with Crippen LogP contribution in [-0.2, 0) is 0 Å². The molecule has 0 unspecified atom stereocenters. The van der Waals surface area contributed by atoms with Crippen LogP contribution in [0.15, 0.2) is 24.4 Å². The Bertz CT molecular complexity index is 555. The fourth-order valence-electron chi connectivity index (χ4n) is 1.20. The van der Waals surface area contributed by atoms with Gasteiger partial charge in [0.1, 0.15) is 5.15 Å². The number of fused-ring (bicyclic) bond motifs is 1. The lowest BCUT2D eigenvalue weighted by molar-refractivity contribution is 1.29. The average Bonchev–Trinajstić information content (AvgIpc) is 2.25. The van der Waals surface area contributed by atoms with Gasteiger partial charge in [-0.15, -0.1) is 11.6 Å². The van der Waals surface area contributed by atoms with Gasteiger partial charge in [0, 0.05) is 5.56 Å². The Hall–Kier alpha value is -1.30. The van der Waals surface area contributed by atoms with Crippen molar-refractivity contribution in [1.82, 2.24) is 9.97 Å². The molecule has 2 nitrogen and oxygen atoms in total. The maximum atomic E-state index is 5.74. The van der Waals surface area contributed by atoms with E-state index in [0.717, 1.165) is 16.6 Å². The van der Waals surface area contributed by atoms with Crippen LogP contribution in [-0.4, -0.2) is 15.8 Å². The summed E-state index contributed by atoms with van der Waals surface area (Å²) >= 11 is 11.2. The second kappa shape index (κ2) is 4.48. The molecule has 2 rings (SSSR count). The van der Waals surface area contributed by atoms with Crippen LogP contribution < -0.4 is 0 Å². The van der Waals surface area contributed by atoms with E-state index >= 15 is 0 Å². The van der Waals surface area contributed by atoms with Gasteiger partial charge >= 0.3 is 0 Å². The molecule has 2 aromatic rings. The molecule has 0 aliphatic heterocycles. The maximum Gasteiger partial charge on any atom is 0.148 e. The van der Waals surface area contributed by atoms with Crippen LogP contribution in [0.4, 0.5) is 0 Å². The minimum Gasteiger partial charge on any atom is -0.251 e. The molecule has 0 fully saturated rings. The number of halogens is 2. The van der Waals surface area contributed by atoms with Gasteiger partial charge in [-0.05, 0) is 18.2 Å². The Labute approximate surface area is 97.3 Å². The third-order valence-corrected chi connectivity index (χ3v) is 2.13. The van der Waals surface area contributed by atoms with E-state index in [4.69, 9.17) is 23.2 Å². The fourth-order valence-corrected chi connectivity index (χ4v) is 1.41. The van der Waals surface area contributed by atoms with Crippen molar-refractivity contribution in [3.63, 3.8) is 0 Å². The largest absolute Gasteiger partial charge is 0.251 e. The molecule has 0 radical (unpaired) electrons. The Kier molecular flexibility index (Phi) is 3.05. The van der Waals surface area contributed by atoms with E-state index < -0.39 is 0 Å². The van der Waals surface area contributed by atoms with Crippen LogP contribution in [0.2, 0.25) is 5.15 Å². The first-order valence-corrected chi connectivity index (χ1v) is 5.18. The predicted molar refractivity (Wildman–Crippen MR) is 62.1 cm³/mol. The smallest absolute Gasteiger partial charge is 0.148 e. The summed E-state index contributed by atoms with van der Waals surface area (Å²) < 4.78 is 0. The van der Waals surface area contributed by atoms with E-state index in [1.165, 1.54) is 6.20 Å². The van der Waals surface area contributed by atoms with Crippen LogP contribution in [0.3, 0.4) is 0 Å². The van der Waals surface area contributed by atoms with Crippen LogP contribution in [0.25, 0.3) is 11.0 Å². The molecule has 1 heterocycles. The number of aromatic nitrogens is 2. The lowest BCUT2D eigenvalue weighted by Crippen LogP contribution is -1.85. The van der Waals surface area contributed by atoms with Crippen molar-refractivity contribution in [1.29, 1.82) is 0 Å². The van der Waals surface area contributed by atoms with Gasteiger partial charge in [0.2, 0.25) is 0 Å². The van der Waals surface area contributed by atoms with Crippen molar-refractivity contribution in [2.24, 2.45) is 0 Å². The van der Waals surface area contributed by atoms with Gasteiger partial charge in [0.25, 0.3) is 0 Å². The van der Waals surface area contributed by atoms with Gasteiger partial charge in [-0.25, -0.2) is 4.98 Å². The van der Waals surface area contributed by atoms with Crippen LogP contribution >= 0.6 is 23.2 Å². The Balaban J connectivity index is 2.54. The first kappa shape index (κ1) is 10.2. The van der Waals surface area contributed by atoms with E-state index in [0.29, 0.717) is 11.0 Å². The van der Waals surface area contributed by atoms with Crippen molar-refractivity contribution in [2.45, 2.75) is 0 Å². The number of hydrogen-bond donors (Lipinski definition) is 0. The molecule has 0 saturated carbocycles.